The van der Waals surface area contributed by atoms with Crippen molar-refractivity contribution >= 4 is 96.5 Å². The molecular formula is C89H109B3N4O9S. The largest absolute Gasteiger partial charge is 0.488 e. The van der Waals surface area contributed by atoms with Gasteiger partial charge in [-0.25, -0.2) is 8.42 Å². The summed E-state index contributed by atoms with van der Waals surface area (Å²) in [6.45, 7) is 28.3. The van der Waals surface area contributed by atoms with E-state index in [-0.39, 0.29) is 29.8 Å². The molecule has 0 heterocycles. The van der Waals surface area contributed by atoms with E-state index >= 15 is 0 Å². The second-order valence-electron chi connectivity index (χ2n) is 25.4. The molecular weight excluding hydrogens is 1330 g/mol. The van der Waals surface area contributed by atoms with Crippen LogP contribution < -0.4 is 21.3 Å². The van der Waals surface area contributed by atoms with E-state index in [1.807, 2.05) is 135 Å². The number of ether oxygens (including phenoxy) is 1. The monoisotopic (exact) mass is 1440 g/mol. The average Bonchev–Trinajstić information content (AvgIpc) is 1.32. The molecule has 554 valence electrons. The molecule has 0 saturated carbocycles. The summed E-state index contributed by atoms with van der Waals surface area (Å²) >= 11 is 0. The number of anilines is 1. The van der Waals surface area contributed by atoms with Crippen molar-refractivity contribution in [3.8, 4) is 11.1 Å². The third-order valence-corrected chi connectivity index (χ3v) is 20.6. The van der Waals surface area contributed by atoms with Gasteiger partial charge in [0.05, 0.1) is 18.1 Å². The predicted octanol–water partition coefficient (Wildman–Crippen LogP) is 15.6. The molecule has 1 atom stereocenters. The van der Waals surface area contributed by atoms with Gasteiger partial charge in [0.2, 0.25) is 10.0 Å². The lowest BCUT2D eigenvalue weighted by molar-refractivity contribution is 0.0805. The molecule has 1 aliphatic rings. The highest BCUT2D eigenvalue weighted by molar-refractivity contribution is 7.89. The molecule has 1 unspecified atom stereocenters. The third kappa shape index (κ3) is 21.3. The number of benzene rings is 12. The van der Waals surface area contributed by atoms with Gasteiger partial charge in [-0.2, -0.15) is 4.31 Å². The highest BCUT2D eigenvalue weighted by Crippen LogP contribution is 2.45. The Kier molecular flexibility index (Phi) is 33.9. The van der Waals surface area contributed by atoms with Gasteiger partial charge in [-0.1, -0.05) is 313 Å². The zero-order chi connectivity index (χ0) is 76.9. The van der Waals surface area contributed by atoms with Crippen LogP contribution in [0.3, 0.4) is 0 Å². The topological polar surface area (TPSA) is 178 Å². The zero-order valence-electron chi connectivity index (χ0n) is 64.3. The summed E-state index contributed by atoms with van der Waals surface area (Å²) in [7, 11) is -4.57. The van der Waals surface area contributed by atoms with E-state index in [2.05, 4.69) is 169 Å². The number of rotatable bonds is 24. The van der Waals surface area contributed by atoms with Crippen molar-refractivity contribution in [2.45, 2.75) is 120 Å². The summed E-state index contributed by atoms with van der Waals surface area (Å²) in [6, 6.07) is 84.4. The van der Waals surface area contributed by atoms with Gasteiger partial charge < -0.3 is 39.8 Å². The van der Waals surface area contributed by atoms with Gasteiger partial charge in [0.25, 0.3) is 0 Å². The van der Waals surface area contributed by atoms with E-state index in [0.29, 0.717) is 53.6 Å². The van der Waals surface area contributed by atoms with E-state index in [1.165, 1.54) is 70.0 Å². The minimum atomic E-state index is -3.81. The van der Waals surface area contributed by atoms with E-state index in [9.17, 15) is 38.6 Å². The number of nitrogens with zero attached hydrogens (tertiary/aromatic N) is 4. The van der Waals surface area contributed by atoms with E-state index in [0.717, 1.165) is 48.4 Å². The van der Waals surface area contributed by atoms with Crippen LogP contribution in [-0.4, -0.2) is 121 Å². The van der Waals surface area contributed by atoms with Crippen molar-refractivity contribution in [1.82, 2.24) is 14.1 Å². The van der Waals surface area contributed by atoms with Crippen LogP contribution in [0.1, 0.15) is 121 Å². The predicted molar refractivity (Wildman–Crippen MR) is 449 cm³/mol. The number of fused-ring (bicyclic) bond motifs is 7. The lowest BCUT2D eigenvalue weighted by Gasteiger charge is -2.28. The minimum Gasteiger partial charge on any atom is -0.423 e. The average molecular weight is 1440 g/mol. The molecule has 106 heavy (non-hydrogen) atoms. The van der Waals surface area contributed by atoms with Crippen LogP contribution in [0.15, 0.2) is 260 Å². The zero-order valence-corrected chi connectivity index (χ0v) is 65.1. The molecule has 17 heteroatoms. The Hall–Kier alpha value is -8.78. The number of hydrogen-bond acceptors (Lipinski definition) is 12. The number of hydrogen-bond donors (Lipinski definition) is 6. The Morgan fingerprint density at radius 1 is 0.406 bits per heavy atom. The molecule has 0 bridgehead atoms. The smallest absolute Gasteiger partial charge is 0.423 e. The molecule has 0 radical (unpaired) electrons. The lowest BCUT2D eigenvalue weighted by Crippen LogP contribution is -2.37. The van der Waals surface area contributed by atoms with Crippen molar-refractivity contribution in [1.29, 1.82) is 0 Å². The maximum atomic E-state index is 13.5. The third-order valence-electron chi connectivity index (χ3n) is 18.7. The normalized spacial score (nSPS) is 11.6. The molecule has 0 aromatic heterocycles. The fourth-order valence-corrected chi connectivity index (χ4v) is 15.4. The molecule has 0 amide bonds. The van der Waals surface area contributed by atoms with Gasteiger partial charge in [-0.05, 0) is 129 Å². The van der Waals surface area contributed by atoms with Gasteiger partial charge in [0.15, 0.2) is 0 Å². The standard InChI is InChI=1S/C36H36BNO3.C24H24BNO2.C21H25BN2O4S.4C2H6/c1-26(24-41-25-35-33-18-7-5-16-31(33)32-17-6-8-19-34(32)35)21-38(23-29-12-3-9-20-36(29)37(39)40)22-28-14-10-13-27-11-2-4-15-30(27)28;1-2-26(16-20-11-5-8-14-24(20)25(27)28)17-23-21-12-6-3-9-18(21)15-19-10-4-7-13-22(19)23;1-4-24(15-16-9-5-6-12-19(16)22(25)26)29(27,28)21-14-8-10-17-18(21)11-7-13-20(17)23(2)3;4*1-2/h2-20,26,35,39-40H,21-25H2,1H3;3-15,27-28H,2,16-17H2,1H3;5-14,25-26H,4,15H2,1-3H3;4*1-2H3. The molecule has 12 aromatic carbocycles. The first-order valence-corrected chi connectivity index (χ1v) is 39.0. The molecule has 0 aliphatic heterocycles. The first-order valence-electron chi connectivity index (χ1n) is 37.6. The van der Waals surface area contributed by atoms with Crippen LogP contribution in [0, 0.1) is 5.92 Å². The molecule has 12 aromatic rings. The Labute approximate surface area is 632 Å². The molecule has 0 saturated heterocycles. The summed E-state index contributed by atoms with van der Waals surface area (Å²) in [4.78, 5) is 6.93. The maximum absolute atomic E-state index is 13.5. The Bertz CT molecular complexity index is 4700. The Morgan fingerprint density at radius 2 is 0.802 bits per heavy atom. The van der Waals surface area contributed by atoms with Crippen LogP contribution in [-0.2, 0) is 47.5 Å². The molecule has 1 aliphatic carbocycles. The van der Waals surface area contributed by atoms with Crippen LogP contribution in [0.2, 0.25) is 0 Å². The Balaban J connectivity index is 0.000000216. The van der Waals surface area contributed by atoms with E-state index < -0.39 is 31.4 Å². The SMILES string of the molecule is CC.CC.CC.CC.CC(COCC1c2ccccc2-c2ccccc21)CN(Cc1ccccc1B(O)O)Cc1cccc2ccccc12.CCN(Cc1ccccc1B(O)O)Cc1c2ccccc2cc2ccccc12.CCN(Cc1ccccc1B(O)O)S(=O)(=O)c1cccc2c(N(C)C)cccc12. The molecule has 0 spiro atoms. The lowest BCUT2D eigenvalue weighted by atomic mass is 9.77. The van der Waals surface area contributed by atoms with Gasteiger partial charge in [0.1, 0.15) is 0 Å². The van der Waals surface area contributed by atoms with Gasteiger partial charge in [-0.3, -0.25) is 9.80 Å². The molecule has 13 nitrogen and oxygen atoms in total. The van der Waals surface area contributed by atoms with Gasteiger partial charge >= 0.3 is 21.4 Å². The molecule has 13 rings (SSSR count). The summed E-state index contributed by atoms with van der Waals surface area (Å²) in [5.74, 6) is 0.530. The van der Waals surface area contributed by atoms with Crippen molar-refractivity contribution in [3.63, 3.8) is 0 Å². The fourth-order valence-electron chi connectivity index (χ4n) is 13.8. The van der Waals surface area contributed by atoms with Crippen molar-refractivity contribution in [3.05, 3.63) is 294 Å². The molecule has 0 fully saturated rings. The summed E-state index contributed by atoms with van der Waals surface area (Å²) in [5.41, 5.74) is 12.7. The summed E-state index contributed by atoms with van der Waals surface area (Å²) in [6.07, 6.45) is 0. The maximum Gasteiger partial charge on any atom is 0.488 e. The van der Waals surface area contributed by atoms with Crippen molar-refractivity contribution in [2.24, 2.45) is 5.92 Å². The van der Waals surface area contributed by atoms with Gasteiger partial charge in [0, 0.05) is 82.3 Å². The minimum absolute atomic E-state index is 0.0520. The fraction of sp³-hybridized carbons (Fsp3) is 0.281. The first-order chi connectivity index (χ1) is 51.5. The highest BCUT2D eigenvalue weighted by atomic mass is 32.2. The quantitative estimate of drug-likeness (QED) is 0.0250. The summed E-state index contributed by atoms with van der Waals surface area (Å²) < 4.78 is 34.8. The summed E-state index contributed by atoms with van der Waals surface area (Å²) in [5, 5.41) is 67.7. The number of sulfonamides is 1. The second kappa shape index (κ2) is 42.5. The van der Waals surface area contributed by atoms with E-state index in [1.54, 1.807) is 55.5 Å². The first kappa shape index (κ1) is 84.5. The molecule has 6 N–H and O–H groups in total. The highest BCUT2D eigenvalue weighted by Gasteiger charge is 2.30. The van der Waals surface area contributed by atoms with Crippen LogP contribution >= 0.6 is 0 Å². The van der Waals surface area contributed by atoms with Crippen LogP contribution in [0.5, 0.6) is 0 Å². The Morgan fingerprint density at radius 3 is 1.31 bits per heavy atom. The van der Waals surface area contributed by atoms with Crippen LogP contribution in [0.25, 0.3) is 54.2 Å². The van der Waals surface area contributed by atoms with Crippen LogP contribution in [0.4, 0.5) is 5.69 Å². The second-order valence-corrected chi connectivity index (χ2v) is 27.4. The van der Waals surface area contributed by atoms with E-state index in [4.69, 9.17) is 4.74 Å². The van der Waals surface area contributed by atoms with Crippen molar-refractivity contribution in [2.75, 3.05) is 51.8 Å². The van der Waals surface area contributed by atoms with Crippen molar-refractivity contribution < 1.29 is 43.3 Å². The van der Waals surface area contributed by atoms with Gasteiger partial charge in [-0.15, -0.1) is 0 Å².